The summed E-state index contributed by atoms with van der Waals surface area (Å²) >= 11 is 0. The summed E-state index contributed by atoms with van der Waals surface area (Å²) < 4.78 is 6.02. The molecule has 6 heteroatoms. The highest BCUT2D eigenvalue weighted by Crippen LogP contribution is 2.27. The topological polar surface area (TPSA) is 68.2 Å². The second-order valence-corrected chi connectivity index (χ2v) is 7.85. The Kier molecular flexibility index (Phi) is 6.79. The van der Waals surface area contributed by atoms with E-state index in [4.69, 9.17) is 4.74 Å². The predicted octanol–water partition coefficient (Wildman–Crippen LogP) is 1.09. The molecule has 2 aromatic rings. The first kappa shape index (κ1) is 20.3. The highest BCUT2D eigenvalue weighted by atomic mass is 16.5. The zero-order valence-corrected chi connectivity index (χ0v) is 16.7. The number of para-hydroxylation sites is 1. The van der Waals surface area contributed by atoms with Crippen LogP contribution in [0.5, 0.6) is 0 Å². The lowest BCUT2D eigenvalue weighted by atomic mass is 10.0. The van der Waals surface area contributed by atoms with Crippen molar-refractivity contribution >= 4 is 5.69 Å². The monoisotopic (exact) mass is 397 g/mol. The van der Waals surface area contributed by atoms with Crippen LogP contribution in [-0.2, 0) is 11.3 Å². The molecule has 2 aliphatic rings. The van der Waals surface area contributed by atoms with E-state index in [1.54, 1.807) is 0 Å². The number of aliphatic hydroxyl groups excluding tert-OH is 2. The molecule has 4 atom stereocenters. The molecule has 2 aromatic carbocycles. The van der Waals surface area contributed by atoms with Crippen molar-refractivity contribution in [2.45, 2.75) is 30.9 Å². The second kappa shape index (κ2) is 9.69. The van der Waals surface area contributed by atoms with Gasteiger partial charge in [0.15, 0.2) is 0 Å². The molecule has 6 nitrogen and oxygen atoms in total. The first-order chi connectivity index (χ1) is 14.3. The van der Waals surface area contributed by atoms with Gasteiger partial charge in [-0.15, -0.1) is 0 Å². The molecule has 29 heavy (non-hydrogen) atoms. The summed E-state index contributed by atoms with van der Waals surface area (Å²) in [5, 5.41) is 23.9. The van der Waals surface area contributed by atoms with Gasteiger partial charge in [0.05, 0.1) is 18.8 Å². The molecule has 0 radical (unpaired) electrons. The fourth-order valence-corrected chi connectivity index (χ4v) is 4.47. The molecule has 2 fully saturated rings. The van der Waals surface area contributed by atoms with Crippen molar-refractivity contribution in [2.75, 3.05) is 44.2 Å². The summed E-state index contributed by atoms with van der Waals surface area (Å²) in [7, 11) is 0. The van der Waals surface area contributed by atoms with Gasteiger partial charge in [-0.05, 0) is 17.7 Å². The third kappa shape index (κ3) is 4.79. The molecule has 2 aliphatic heterocycles. The third-order valence-corrected chi connectivity index (χ3v) is 6.02. The molecule has 0 amide bonds. The van der Waals surface area contributed by atoms with Gasteiger partial charge >= 0.3 is 0 Å². The lowest BCUT2D eigenvalue weighted by Crippen LogP contribution is -2.57. The van der Waals surface area contributed by atoms with Crippen LogP contribution in [0.2, 0.25) is 0 Å². The SMILES string of the molecule is OC[C@@H]1O[C@@H](CNCc2ccccc2)[C@@H](N2CCN(c3ccccc3)CC2)[C@@H]1O. The number of benzene rings is 2. The minimum Gasteiger partial charge on any atom is -0.394 e. The number of hydrogen-bond acceptors (Lipinski definition) is 6. The average molecular weight is 398 g/mol. The van der Waals surface area contributed by atoms with Gasteiger partial charge in [-0.2, -0.15) is 0 Å². The van der Waals surface area contributed by atoms with Crippen molar-refractivity contribution in [1.29, 1.82) is 0 Å². The second-order valence-electron chi connectivity index (χ2n) is 7.85. The van der Waals surface area contributed by atoms with E-state index in [2.05, 4.69) is 51.5 Å². The number of ether oxygens (including phenoxy) is 1. The van der Waals surface area contributed by atoms with Gasteiger partial charge in [0.1, 0.15) is 12.2 Å². The van der Waals surface area contributed by atoms with Gasteiger partial charge in [0.25, 0.3) is 0 Å². The normalized spacial score (nSPS) is 28.0. The number of hydrogen-bond donors (Lipinski definition) is 3. The Morgan fingerprint density at radius 2 is 1.55 bits per heavy atom. The number of nitrogens with one attached hydrogen (secondary N) is 1. The molecule has 0 spiro atoms. The maximum atomic E-state index is 10.8. The Morgan fingerprint density at radius 3 is 2.21 bits per heavy atom. The Bertz CT molecular complexity index is 738. The van der Waals surface area contributed by atoms with E-state index >= 15 is 0 Å². The lowest BCUT2D eigenvalue weighted by molar-refractivity contribution is -0.0213. The van der Waals surface area contributed by atoms with Crippen LogP contribution in [0, 0.1) is 0 Å². The van der Waals surface area contributed by atoms with Gasteiger partial charge in [0.2, 0.25) is 0 Å². The predicted molar refractivity (Wildman–Crippen MR) is 114 cm³/mol. The van der Waals surface area contributed by atoms with Crippen LogP contribution in [-0.4, -0.2) is 78.8 Å². The third-order valence-electron chi connectivity index (χ3n) is 6.02. The van der Waals surface area contributed by atoms with Crippen molar-refractivity contribution in [1.82, 2.24) is 10.2 Å². The maximum Gasteiger partial charge on any atom is 0.109 e. The van der Waals surface area contributed by atoms with Crippen LogP contribution in [0.4, 0.5) is 5.69 Å². The summed E-state index contributed by atoms with van der Waals surface area (Å²) in [6, 6.07) is 20.6. The fraction of sp³-hybridized carbons (Fsp3) is 0.478. The molecule has 0 saturated carbocycles. The number of piperazine rings is 1. The first-order valence-electron chi connectivity index (χ1n) is 10.5. The van der Waals surface area contributed by atoms with Crippen LogP contribution < -0.4 is 10.2 Å². The van der Waals surface area contributed by atoms with E-state index in [1.807, 2.05) is 24.3 Å². The Labute approximate surface area is 172 Å². The first-order valence-corrected chi connectivity index (χ1v) is 10.5. The highest BCUT2D eigenvalue weighted by molar-refractivity contribution is 5.46. The molecule has 0 aliphatic carbocycles. The summed E-state index contributed by atoms with van der Waals surface area (Å²) in [6.45, 7) is 4.82. The minimum atomic E-state index is -0.674. The average Bonchev–Trinajstić information content (AvgIpc) is 3.10. The molecule has 2 saturated heterocycles. The summed E-state index contributed by atoms with van der Waals surface area (Å²) in [5.74, 6) is 0. The smallest absolute Gasteiger partial charge is 0.109 e. The maximum absolute atomic E-state index is 10.8. The van der Waals surface area contributed by atoms with Crippen LogP contribution in [0.25, 0.3) is 0 Å². The molecular weight excluding hydrogens is 366 g/mol. The zero-order chi connectivity index (χ0) is 20.1. The lowest BCUT2D eigenvalue weighted by Gasteiger charge is -2.41. The minimum absolute atomic E-state index is 0.103. The van der Waals surface area contributed by atoms with Crippen molar-refractivity contribution in [2.24, 2.45) is 0 Å². The number of nitrogens with zero attached hydrogens (tertiary/aromatic N) is 2. The van der Waals surface area contributed by atoms with Crippen LogP contribution in [0.15, 0.2) is 60.7 Å². The van der Waals surface area contributed by atoms with Crippen LogP contribution >= 0.6 is 0 Å². The molecular formula is C23H31N3O3. The van der Waals surface area contributed by atoms with E-state index in [-0.39, 0.29) is 18.8 Å². The molecule has 2 heterocycles. The number of anilines is 1. The summed E-state index contributed by atoms with van der Waals surface area (Å²) in [6.07, 6.45) is -1.34. The van der Waals surface area contributed by atoms with E-state index in [1.165, 1.54) is 11.3 Å². The molecule has 0 unspecified atom stereocenters. The molecule has 156 valence electrons. The molecule has 0 aromatic heterocycles. The van der Waals surface area contributed by atoms with E-state index in [0.29, 0.717) is 6.54 Å². The number of aliphatic hydroxyl groups is 2. The van der Waals surface area contributed by atoms with Crippen molar-refractivity contribution in [3.63, 3.8) is 0 Å². The summed E-state index contributed by atoms with van der Waals surface area (Å²) in [4.78, 5) is 4.71. The van der Waals surface area contributed by atoms with Crippen molar-refractivity contribution in [3.05, 3.63) is 66.2 Å². The fourth-order valence-electron chi connectivity index (χ4n) is 4.47. The standard InChI is InChI=1S/C23H31N3O3/c27-17-21-23(28)22(20(29-21)16-24-15-18-7-3-1-4-8-18)26-13-11-25(12-14-26)19-9-5-2-6-10-19/h1-10,20-24,27-28H,11-17H2/t20-,21-,22+,23+/m0/s1. The molecule has 4 rings (SSSR count). The van der Waals surface area contributed by atoms with Gasteiger partial charge in [0, 0.05) is 45.0 Å². The Hall–Kier alpha value is -1.96. The van der Waals surface area contributed by atoms with Crippen LogP contribution in [0.1, 0.15) is 5.56 Å². The largest absolute Gasteiger partial charge is 0.394 e. The van der Waals surface area contributed by atoms with Crippen molar-refractivity contribution < 1.29 is 14.9 Å². The van der Waals surface area contributed by atoms with E-state index in [9.17, 15) is 10.2 Å². The van der Waals surface area contributed by atoms with Crippen molar-refractivity contribution in [3.8, 4) is 0 Å². The zero-order valence-electron chi connectivity index (χ0n) is 16.7. The Balaban J connectivity index is 1.36. The molecule has 0 bridgehead atoms. The Morgan fingerprint density at radius 1 is 0.897 bits per heavy atom. The quantitative estimate of drug-likeness (QED) is 0.650. The van der Waals surface area contributed by atoms with Gasteiger partial charge in [-0.3, -0.25) is 4.90 Å². The van der Waals surface area contributed by atoms with Gasteiger partial charge in [-0.1, -0.05) is 48.5 Å². The summed E-state index contributed by atoms with van der Waals surface area (Å²) in [5.41, 5.74) is 2.46. The van der Waals surface area contributed by atoms with E-state index in [0.717, 1.165) is 32.7 Å². The molecule has 3 N–H and O–H groups in total. The van der Waals surface area contributed by atoms with Crippen LogP contribution in [0.3, 0.4) is 0 Å². The van der Waals surface area contributed by atoms with Gasteiger partial charge in [-0.25, -0.2) is 0 Å². The number of rotatable bonds is 7. The van der Waals surface area contributed by atoms with E-state index < -0.39 is 12.2 Å². The van der Waals surface area contributed by atoms with Gasteiger partial charge < -0.3 is 25.2 Å². The highest BCUT2D eigenvalue weighted by Gasteiger charge is 2.46.